The van der Waals surface area contributed by atoms with Crippen LogP contribution in [0.2, 0.25) is 0 Å². The highest BCUT2D eigenvalue weighted by atomic mass is 19.4. The van der Waals surface area contributed by atoms with Gasteiger partial charge in [-0.15, -0.1) is 5.10 Å². The number of alkyl halides is 3. The van der Waals surface area contributed by atoms with Gasteiger partial charge in [-0.2, -0.15) is 13.2 Å². The molecule has 0 atom stereocenters. The Morgan fingerprint density at radius 1 is 1.35 bits per heavy atom. The van der Waals surface area contributed by atoms with Crippen molar-refractivity contribution in [2.75, 3.05) is 0 Å². The van der Waals surface area contributed by atoms with E-state index in [4.69, 9.17) is 0 Å². The van der Waals surface area contributed by atoms with E-state index in [1.807, 2.05) is 0 Å². The van der Waals surface area contributed by atoms with Gasteiger partial charge in [0.05, 0.1) is 12.7 Å². The van der Waals surface area contributed by atoms with E-state index < -0.39 is 23.5 Å². The van der Waals surface area contributed by atoms with Gasteiger partial charge in [-0.25, -0.2) is 9.07 Å². The second kappa shape index (κ2) is 5.03. The highest BCUT2D eigenvalue weighted by Crippen LogP contribution is 2.20. The van der Waals surface area contributed by atoms with Crippen molar-refractivity contribution in [3.05, 3.63) is 47.0 Å². The number of carbonyl (C=O) groups is 1. The van der Waals surface area contributed by atoms with Gasteiger partial charge in [-0.1, -0.05) is 11.3 Å². The van der Waals surface area contributed by atoms with E-state index >= 15 is 0 Å². The molecule has 0 amide bonds. The fourth-order valence-corrected chi connectivity index (χ4v) is 1.64. The van der Waals surface area contributed by atoms with Crippen molar-refractivity contribution < 1.29 is 22.4 Å². The Balaban J connectivity index is 2.20. The maximum atomic E-state index is 12.9. The Morgan fingerprint density at radius 2 is 2.05 bits per heavy atom. The molecule has 0 spiro atoms. The van der Waals surface area contributed by atoms with E-state index in [-0.39, 0.29) is 6.54 Å². The number of carbonyl (C=O) groups excluding carboxylic acids is 1. The molecule has 8 heteroatoms. The van der Waals surface area contributed by atoms with E-state index in [1.165, 1.54) is 18.2 Å². The summed E-state index contributed by atoms with van der Waals surface area (Å²) >= 11 is 0. The predicted octanol–water partition coefficient (Wildman–Crippen LogP) is 2.52. The molecule has 0 bridgehead atoms. The Labute approximate surface area is 111 Å². The number of ketones is 1. The van der Waals surface area contributed by atoms with Crippen LogP contribution in [-0.2, 0) is 6.54 Å². The third-order valence-electron chi connectivity index (χ3n) is 2.67. The Kier molecular flexibility index (Phi) is 3.56. The summed E-state index contributed by atoms with van der Waals surface area (Å²) in [6.07, 6.45) is -4.06. The Hall–Kier alpha value is -2.25. The molecular weight excluding hydrogens is 278 g/mol. The van der Waals surface area contributed by atoms with Crippen molar-refractivity contribution in [1.82, 2.24) is 15.0 Å². The minimum absolute atomic E-state index is 0.101. The summed E-state index contributed by atoms with van der Waals surface area (Å²) in [5, 5.41) is 6.66. The second-order valence-electron chi connectivity index (χ2n) is 4.20. The summed E-state index contributed by atoms with van der Waals surface area (Å²) in [6, 6.07) is 4.03. The first kappa shape index (κ1) is 14.2. The van der Waals surface area contributed by atoms with E-state index in [0.29, 0.717) is 11.1 Å². The van der Waals surface area contributed by atoms with Crippen LogP contribution in [0, 0.1) is 12.7 Å². The molecule has 1 heterocycles. The van der Waals surface area contributed by atoms with Gasteiger partial charge in [-0.3, -0.25) is 4.79 Å². The lowest BCUT2D eigenvalue weighted by molar-refractivity contribution is -0.0888. The molecule has 0 N–H and O–H groups in total. The van der Waals surface area contributed by atoms with Crippen LogP contribution < -0.4 is 0 Å². The van der Waals surface area contributed by atoms with Gasteiger partial charge in [0.2, 0.25) is 0 Å². The second-order valence-corrected chi connectivity index (χ2v) is 4.20. The lowest BCUT2D eigenvalue weighted by Gasteiger charge is -2.05. The molecule has 0 aliphatic carbocycles. The number of hydrogen-bond donors (Lipinski definition) is 0. The predicted molar refractivity (Wildman–Crippen MR) is 60.6 cm³/mol. The Bertz CT molecular complexity index is 648. The van der Waals surface area contributed by atoms with Crippen molar-refractivity contribution in [1.29, 1.82) is 0 Å². The summed E-state index contributed by atoms with van der Waals surface area (Å²) in [6.45, 7) is 1.77. The van der Waals surface area contributed by atoms with Crippen LogP contribution in [0.5, 0.6) is 0 Å². The maximum Gasteiger partial charge on any atom is 0.456 e. The minimum atomic E-state index is -4.98. The molecule has 2 rings (SSSR count). The van der Waals surface area contributed by atoms with Gasteiger partial charge in [-0.05, 0) is 30.2 Å². The summed E-state index contributed by atoms with van der Waals surface area (Å²) in [5.41, 5.74) is 0.531. The first-order chi connectivity index (χ1) is 9.27. The number of aromatic nitrogens is 3. The van der Waals surface area contributed by atoms with Crippen LogP contribution in [0.3, 0.4) is 0 Å². The molecule has 2 aromatic rings. The smallest absolute Gasteiger partial charge is 0.282 e. The normalized spacial score (nSPS) is 11.7. The molecule has 0 radical (unpaired) electrons. The van der Waals surface area contributed by atoms with Crippen LogP contribution in [-0.4, -0.2) is 27.0 Å². The van der Waals surface area contributed by atoms with Crippen LogP contribution >= 0.6 is 0 Å². The van der Waals surface area contributed by atoms with Gasteiger partial charge >= 0.3 is 6.18 Å². The third-order valence-corrected chi connectivity index (χ3v) is 2.67. The third kappa shape index (κ3) is 3.01. The van der Waals surface area contributed by atoms with Gasteiger partial charge < -0.3 is 0 Å². The van der Waals surface area contributed by atoms with Crippen LogP contribution in [0.1, 0.15) is 21.6 Å². The van der Waals surface area contributed by atoms with Gasteiger partial charge in [0, 0.05) is 0 Å². The quantitative estimate of drug-likeness (QED) is 0.643. The fraction of sp³-hybridized carbons (Fsp3) is 0.250. The lowest BCUT2D eigenvalue weighted by Crippen LogP contribution is -2.23. The lowest BCUT2D eigenvalue weighted by atomic mass is 10.1. The highest BCUT2D eigenvalue weighted by molar-refractivity contribution is 5.98. The molecule has 0 saturated carbocycles. The van der Waals surface area contributed by atoms with Crippen molar-refractivity contribution >= 4 is 5.78 Å². The number of hydrogen-bond acceptors (Lipinski definition) is 3. The van der Waals surface area contributed by atoms with E-state index in [0.717, 1.165) is 10.9 Å². The van der Waals surface area contributed by atoms with Crippen LogP contribution in [0.15, 0.2) is 24.4 Å². The molecule has 0 saturated heterocycles. The molecule has 1 aromatic carbocycles. The van der Waals surface area contributed by atoms with E-state index in [1.54, 1.807) is 6.92 Å². The number of benzene rings is 1. The molecule has 20 heavy (non-hydrogen) atoms. The van der Waals surface area contributed by atoms with Crippen molar-refractivity contribution in [3.63, 3.8) is 0 Å². The topological polar surface area (TPSA) is 47.8 Å². The molecule has 4 nitrogen and oxygen atoms in total. The fourth-order valence-electron chi connectivity index (χ4n) is 1.64. The van der Waals surface area contributed by atoms with Gasteiger partial charge in [0.1, 0.15) is 5.82 Å². The summed E-state index contributed by atoms with van der Waals surface area (Å²) in [7, 11) is 0. The standard InChI is InChI=1S/C12H9F4N3O/c1-7-4-9(13)3-2-8(7)5-19-6-10(17-18-19)11(20)12(14,15)16/h2-4,6H,5H2,1H3. The van der Waals surface area contributed by atoms with Crippen molar-refractivity contribution in [2.24, 2.45) is 0 Å². The highest BCUT2D eigenvalue weighted by Gasteiger charge is 2.41. The summed E-state index contributed by atoms with van der Waals surface area (Å²) in [4.78, 5) is 11.0. The molecule has 0 fully saturated rings. The molecular formula is C12H9F4N3O. The molecule has 0 unspecified atom stereocenters. The van der Waals surface area contributed by atoms with Crippen molar-refractivity contribution in [3.8, 4) is 0 Å². The molecule has 0 aliphatic heterocycles. The minimum Gasteiger partial charge on any atom is -0.282 e. The number of halogens is 4. The Morgan fingerprint density at radius 3 is 2.65 bits per heavy atom. The van der Waals surface area contributed by atoms with Gasteiger partial charge in [0.25, 0.3) is 5.78 Å². The number of Topliss-reactive ketones (excluding diaryl/α,β-unsaturated/α-hetero) is 1. The van der Waals surface area contributed by atoms with Gasteiger partial charge in [0.15, 0.2) is 5.69 Å². The van der Waals surface area contributed by atoms with E-state index in [9.17, 15) is 22.4 Å². The molecule has 106 valence electrons. The SMILES string of the molecule is Cc1cc(F)ccc1Cn1cc(C(=O)C(F)(F)F)nn1. The maximum absolute atomic E-state index is 12.9. The van der Waals surface area contributed by atoms with E-state index in [2.05, 4.69) is 10.3 Å². The number of rotatable bonds is 3. The zero-order valence-electron chi connectivity index (χ0n) is 10.3. The zero-order chi connectivity index (χ0) is 14.9. The van der Waals surface area contributed by atoms with Crippen LogP contribution in [0.4, 0.5) is 17.6 Å². The number of aryl methyl sites for hydroxylation is 1. The first-order valence-electron chi connectivity index (χ1n) is 5.54. The zero-order valence-corrected chi connectivity index (χ0v) is 10.3. The molecule has 0 aliphatic rings. The summed E-state index contributed by atoms with van der Waals surface area (Å²) in [5.74, 6) is -2.45. The monoisotopic (exact) mass is 287 g/mol. The summed E-state index contributed by atoms with van der Waals surface area (Å²) < 4.78 is 50.7. The van der Waals surface area contributed by atoms with Crippen molar-refractivity contribution in [2.45, 2.75) is 19.6 Å². The largest absolute Gasteiger partial charge is 0.456 e. The average Bonchev–Trinajstić information content (AvgIpc) is 2.79. The average molecular weight is 287 g/mol. The number of nitrogens with zero attached hydrogens (tertiary/aromatic N) is 3. The van der Waals surface area contributed by atoms with Crippen LogP contribution in [0.25, 0.3) is 0 Å². The molecule has 1 aromatic heterocycles. The first-order valence-corrected chi connectivity index (χ1v) is 5.54.